The van der Waals surface area contributed by atoms with Gasteiger partial charge in [-0.15, -0.1) is 21.5 Å². The minimum absolute atomic E-state index is 0.162. The van der Waals surface area contributed by atoms with E-state index in [0.29, 0.717) is 26.3 Å². The molecule has 4 aliphatic carbocycles. The topological polar surface area (TPSA) is 84.0 Å². The van der Waals surface area contributed by atoms with E-state index in [2.05, 4.69) is 20.8 Å². The highest BCUT2D eigenvalue weighted by Crippen LogP contribution is 2.61. The Hall–Kier alpha value is -2.29. The van der Waals surface area contributed by atoms with E-state index >= 15 is 0 Å². The Kier molecular flexibility index (Phi) is 5.27. The molecule has 0 aliphatic heterocycles. The molecule has 7 rings (SSSR count). The molecule has 9 heteroatoms. The molecule has 1 aromatic carbocycles. The molecule has 2 aromatic heterocycles. The van der Waals surface area contributed by atoms with Gasteiger partial charge in [0.25, 0.3) is 11.8 Å². The quantitative estimate of drug-likeness (QED) is 0.437. The van der Waals surface area contributed by atoms with Crippen molar-refractivity contribution in [2.45, 2.75) is 43.9 Å². The van der Waals surface area contributed by atoms with Gasteiger partial charge in [-0.1, -0.05) is 29.0 Å². The van der Waals surface area contributed by atoms with Crippen LogP contribution in [-0.4, -0.2) is 22.0 Å². The Balaban J connectivity index is 1.17. The number of thiophene rings is 1. The van der Waals surface area contributed by atoms with Gasteiger partial charge in [0.15, 0.2) is 0 Å². The Morgan fingerprint density at radius 2 is 1.70 bits per heavy atom. The van der Waals surface area contributed by atoms with Gasteiger partial charge in [-0.25, -0.2) is 0 Å². The third-order valence-electron chi connectivity index (χ3n) is 7.36. The van der Waals surface area contributed by atoms with Crippen LogP contribution in [0.15, 0.2) is 35.7 Å². The maximum Gasteiger partial charge on any atom is 0.265 e. The normalized spacial score (nSPS) is 27.5. The Bertz CT molecular complexity index is 1190. The summed E-state index contributed by atoms with van der Waals surface area (Å²) in [6.07, 6.45) is 7.78. The minimum Gasteiger partial charge on any atom is -0.320 e. The first-order valence-electron chi connectivity index (χ1n) is 11.3. The molecule has 0 radical (unpaired) electrons. The van der Waals surface area contributed by atoms with Gasteiger partial charge in [0, 0.05) is 11.0 Å². The van der Waals surface area contributed by atoms with Gasteiger partial charge in [-0.3, -0.25) is 14.9 Å². The van der Waals surface area contributed by atoms with Gasteiger partial charge in [0.1, 0.15) is 5.01 Å². The lowest BCUT2D eigenvalue weighted by Gasteiger charge is -2.55. The molecule has 0 unspecified atom stereocenters. The smallest absolute Gasteiger partial charge is 0.265 e. The third kappa shape index (κ3) is 3.98. The highest BCUT2D eigenvalue weighted by atomic mass is 35.5. The number of amides is 2. The zero-order valence-electron chi connectivity index (χ0n) is 17.8. The van der Waals surface area contributed by atoms with E-state index in [1.165, 1.54) is 61.2 Å². The maximum absolute atomic E-state index is 12.9. The van der Waals surface area contributed by atoms with Gasteiger partial charge in [-0.2, -0.15) is 0 Å². The molecule has 6 nitrogen and oxygen atoms in total. The van der Waals surface area contributed by atoms with Crippen molar-refractivity contribution in [2.24, 2.45) is 17.8 Å². The summed E-state index contributed by atoms with van der Waals surface area (Å²) in [7, 11) is 0. The third-order valence-corrected chi connectivity index (χ3v) is 9.64. The minimum atomic E-state index is -0.300. The number of anilines is 2. The van der Waals surface area contributed by atoms with Crippen LogP contribution < -0.4 is 10.6 Å². The zero-order chi connectivity index (χ0) is 22.6. The second-order valence-corrected chi connectivity index (χ2v) is 12.0. The van der Waals surface area contributed by atoms with E-state index in [1.807, 2.05) is 11.4 Å². The molecule has 4 saturated carbocycles. The summed E-state index contributed by atoms with van der Waals surface area (Å²) in [4.78, 5) is 25.9. The number of benzene rings is 1. The molecule has 170 valence electrons. The van der Waals surface area contributed by atoms with E-state index in [4.69, 9.17) is 11.6 Å². The van der Waals surface area contributed by atoms with Gasteiger partial charge in [0.2, 0.25) is 5.13 Å². The lowest BCUT2D eigenvalue weighted by atomic mass is 9.50. The van der Waals surface area contributed by atoms with E-state index in [1.54, 1.807) is 24.3 Å². The Morgan fingerprint density at radius 3 is 2.36 bits per heavy atom. The van der Waals surface area contributed by atoms with Crippen molar-refractivity contribution in [3.63, 3.8) is 0 Å². The van der Waals surface area contributed by atoms with Gasteiger partial charge >= 0.3 is 0 Å². The summed E-state index contributed by atoms with van der Waals surface area (Å²) in [6, 6.07) is 8.39. The molecule has 4 bridgehead atoms. The Morgan fingerprint density at radius 1 is 0.970 bits per heavy atom. The zero-order valence-corrected chi connectivity index (χ0v) is 20.2. The molecule has 3 aromatic rings. The van der Waals surface area contributed by atoms with Crippen molar-refractivity contribution >= 4 is 56.9 Å². The van der Waals surface area contributed by atoms with Crippen molar-refractivity contribution in [2.75, 3.05) is 10.6 Å². The predicted molar refractivity (Wildman–Crippen MR) is 131 cm³/mol. The van der Waals surface area contributed by atoms with Crippen LogP contribution in [0.1, 0.15) is 63.6 Å². The number of rotatable bonds is 5. The molecule has 0 saturated heterocycles. The van der Waals surface area contributed by atoms with Gasteiger partial charge in [-0.05, 0) is 85.9 Å². The number of nitrogens with zero attached hydrogens (tertiary/aromatic N) is 2. The number of hydrogen-bond donors (Lipinski definition) is 2. The number of carbonyl (C=O) groups is 2. The fourth-order valence-corrected chi connectivity index (χ4v) is 8.12. The molecule has 2 heterocycles. The number of aromatic nitrogens is 2. The monoisotopic (exact) mass is 498 g/mol. The average Bonchev–Trinajstić information content (AvgIpc) is 3.47. The first-order chi connectivity index (χ1) is 16.0. The summed E-state index contributed by atoms with van der Waals surface area (Å²) in [5.74, 6) is 1.93. The summed E-state index contributed by atoms with van der Waals surface area (Å²) in [5.41, 5.74) is 0.955. The van der Waals surface area contributed by atoms with Gasteiger partial charge in [0.05, 0.1) is 15.6 Å². The summed E-state index contributed by atoms with van der Waals surface area (Å²) < 4.78 is 0. The van der Waals surface area contributed by atoms with Crippen LogP contribution in [0.2, 0.25) is 5.02 Å². The first-order valence-corrected chi connectivity index (χ1v) is 13.3. The molecule has 4 fully saturated rings. The standard InChI is InChI=1S/C24H23ClN4O2S2/c25-17-4-3-16(9-18(17)26-21(31)19-2-1-5-32-19)20(30)27-23-29-28-22(33-23)24-10-13-6-14(11-24)8-15(7-13)12-24/h1-5,9,13-15H,6-8,10-12H2,(H,26,31)(H,27,29,30). The first kappa shape index (κ1) is 21.3. The average molecular weight is 499 g/mol. The van der Waals surface area contributed by atoms with E-state index in [9.17, 15) is 9.59 Å². The molecular formula is C24H23ClN4O2S2. The Labute approximate surface area is 204 Å². The van der Waals surface area contributed by atoms with Crippen LogP contribution in [0, 0.1) is 17.8 Å². The predicted octanol–water partition coefficient (Wildman–Crippen LogP) is 6.23. The second-order valence-electron chi connectivity index (χ2n) is 9.69. The molecule has 33 heavy (non-hydrogen) atoms. The van der Waals surface area contributed by atoms with Crippen LogP contribution >= 0.6 is 34.3 Å². The summed E-state index contributed by atoms with van der Waals surface area (Å²) in [6.45, 7) is 0. The molecule has 0 spiro atoms. The van der Waals surface area contributed by atoms with E-state index in [0.717, 1.165) is 22.8 Å². The van der Waals surface area contributed by atoms with Crippen molar-refractivity contribution < 1.29 is 9.59 Å². The number of carbonyl (C=O) groups excluding carboxylic acids is 2. The highest BCUT2D eigenvalue weighted by molar-refractivity contribution is 7.15. The molecular weight excluding hydrogens is 476 g/mol. The lowest BCUT2D eigenvalue weighted by Crippen LogP contribution is -2.48. The highest BCUT2D eigenvalue weighted by Gasteiger charge is 2.53. The fraction of sp³-hybridized carbons (Fsp3) is 0.417. The van der Waals surface area contributed by atoms with Crippen LogP contribution in [0.4, 0.5) is 10.8 Å². The lowest BCUT2D eigenvalue weighted by molar-refractivity contribution is -0.00555. The molecule has 4 aliphatic rings. The molecule has 2 N–H and O–H groups in total. The second kappa shape index (κ2) is 8.18. The molecule has 0 atom stereocenters. The number of nitrogens with one attached hydrogen (secondary N) is 2. The van der Waals surface area contributed by atoms with Crippen molar-refractivity contribution in [3.05, 3.63) is 56.2 Å². The fourth-order valence-electron chi connectivity index (χ4n) is 6.38. The summed E-state index contributed by atoms with van der Waals surface area (Å²) in [5, 5.41) is 18.3. The van der Waals surface area contributed by atoms with E-state index in [-0.39, 0.29) is 17.2 Å². The van der Waals surface area contributed by atoms with Crippen LogP contribution in [0.5, 0.6) is 0 Å². The largest absolute Gasteiger partial charge is 0.320 e. The van der Waals surface area contributed by atoms with Crippen LogP contribution in [0.3, 0.4) is 0 Å². The van der Waals surface area contributed by atoms with E-state index < -0.39 is 0 Å². The van der Waals surface area contributed by atoms with Gasteiger partial charge < -0.3 is 5.32 Å². The molecule has 2 amide bonds. The van der Waals surface area contributed by atoms with Crippen LogP contribution in [0.25, 0.3) is 0 Å². The SMILES string of the molecule is O=C(Nc1nnc(C23CC4CC(CC(C4)C2)C3)s1)c1ccc(Cl)c(NC(=O)c2cccs2)c1. The summed E-state index contributed by atoms with van der Waals surface area (Å²) >= 11 is 9.11. The van der Waals surface area contributed by atoms with Crippen molar-refractivity contribution in [3.8, 4) is 0 Å². The maximum atomic E-state index is 12.9. The van der Waals surface area contributed by atoms with Crippen LogP contribution in [-0.2, 0) is 5.41 Å². The number of halogens is 1. The number of hydrogen-bond acceptors (Lipinski definition) is 6. The van der Waals surface area contributed by atoms with Crippen molar-refractivity contribution in [1.82, 2.24) is 10.2 Å². The van der Waals surface area contributed by atoms with Crippen molar-refractivity contribution in [1.29, 1.82) is 0 Å².